The van der Waals surface area contributed by atoms with E-state index in [0.717, 1.165) is 18.1 Å². The molecule has 1 nitrogen and oxygen atoms in total. The minimum atomic E-state index is -0.798. The Morgan fingerprint density at radius 3 is 2.31 bits per heavy atom. The van der Waals surface area contributed by atoms with Crippen molar-refractivity contribution in [2.24, 2.45) is 5.73 Å². The van der Waals surface area contributed by atoms with E-state index >= 15 is 0 Å². The molecule has 0 unspecified atom stereocenters. The summed E-state index contributed by atoms with van der Waals surface area (Å²) in [7, 11) is 0. The van der Waals surface area contributed by atoms with Gasteiger partial charge in [-0.1, -0.05) is 6.07 Å². The van der Waals surface area contributed by atoms with E-state index in [0.29, 0.717) is 0 Å². The van der Waals surface area contributed by atoms with Gasteiger partial charge in [-0.3, -0.25) is 0 Å². The minimum Gasteiger partial charge on any atom is -0.327 e. The van der Waals surface area contributed by atoms with E-state index in [1.54, 1.807) is 6.07 Å². The first-order valence-corrected chi connectivity index (χ1v) is 3.89. The van der Waals surface area contributed by atoms with Gasteiger partial charge in [0.2, 0.25) is 0 Å². The van der Waals surface area contributed by atoms with Crippen molar-refractivity contribution in [2.75, 3.05) is 0 Å². The van der Waals surface area contributed by atoms with Gasteiger partial charge in [0.25, 0.3) is 0 Å². The molecule has 4 heteroatoms. The van der Waals surface area contributed by atoms with Crippen molar-refractivity contribution >= 4 is 12.4 Å². The average molecular weight is 206 g/mol. The molecule has 72 valence electrons. The number of rotatable bonds is 1. The molecule has 0 aliphatic heterocycles. The molecule has 0 saturated heterocycles. The Morgan fingerprint density at radius 2 is 1.85 bits per heavy atom. The van der Waals surface area contributed by atoms with Gasteiger partial charge < -0.3 is 5.73 Å². The molecule has 1 aromatic rings. The first kappa shape index (κ1) is 10.4. The first-order valence-electron chi connectivity index (χ1n) is 3.89. The van der Waals surface area contributed by atoms with Crippen molar-refractivity contribution in [1.82, 2.24) is 0 Å². The zero-order valence-electron chi connectivity index (χ0n) is 6.84. The summed E-state index contributed by atoms with van der Waals surface area (Å²) in [6.45, 7) is 0. The summed E-state index contributed by atoms with van der Waals surface area (Å²) < 4.78 is 25.2. The van der Waals surface area contributed by atoms with E-state index < -0.39 is 11.6 Å². The minimum absolute atomic E-state index is 0. The lowest BCUT2D eigenvalue weighted by Crippen LogP contribution is -2.01. The molecule has 0 heterocycles. The summed E-state index contributed by atoms with van der Waals surface area (Å²) in [4.78, 5) is 0. The van der Waals surface area contributed by atoms with E-state index in [-0.39, 0.29) is 24.4 Å². The van der Waals surface area contributed by atoms with Crippen LogP contribution >= 0.6 is 12.4 Å². The van der Waals surface area contributed by atoms with Gasteiger partial charge in [0, 0.05) is 12.0 Å². The maximum Gasteiger partial charge on any atom is 0.159 e. The zero-order valence-corrected chi connectivity index (χ0v) is 7.65. The zero-order chi connectivity index (χ0) is 8.72. The quantitative estimate of drug-likeness (QED) is 0.748. The summed E-state index contributed by atoms with van der Waals surface area (Å²) in [6.07, 6.45) is 0.880. The van der Waals surface area contributed by atoms with Crippen LogP contribution in [-0.4, -0.2) is 6.04 Å². The highest BCUT2D eigenvalue weighted by molar-refractivity contribution is 5.85. The molecule has 1 aliphatic rings. The highest BCUT2D eigenvalue weighted by Crippen LogP contribution is 2.39. The third-order valence-electron chi connectivity index (χ3n) is 2.21. The Kier molecular flexibility index (Phi) is 2.88. The van der Waals surface area contributed by atoms with Gasteiger partial charge in [0.15, 0.2) is 11.6 Å². The van der Waals surface area contributed by atoms with Crippen LogP contribution in [0.5, 0.6) is 0 Å². The maximum absolute atomic E-state index is 12.7. The second-order valence-corrected chi connectivity index (χ2v) is 3.18. The Morgan fingerprint density at radius 1 is 1.23 bits per heavy atom. The highest BCUT2D eigenvalue weighted by Gasteiger charge is 2.35. The monoisotopic (exact) mass is 205 g/mol. The smallest absolute Gasteiger partial charge is 0.159 e. The topological polar surface area (TPSA) is 26.0 Å². The molecule has 2 rings (SSSR count). The standard InChI is InChI=1S/C9H9F2N.ClH/c10-7-2-1-5(3-8(7)11)6-4-9(6)12;/h1-3,6,9H,4,12H2;1H/t6-,9+;/m0./s1. The lowest BCUT2D eigenvalue weighted by molar-refractivity contribution is 0.507. The van der Waals surface area contributed by atoms with Gasteiger partial charge in [-0.2, -0.15) is 0 Å². The Hall–Kier alpha value is -0.670. The van der Waals surface area contributed by atoms with Gasteiger partial charge in [0.1, 0.15) is 0 Å². The van der Waals surface area contributed by atoms with Crippen LogP contribution in [0.1, 0.15) is 17.9 Å². The van der Waals surface area contributed by atoms with Crippen molar-refractivity contribution in [3.63, 3.8) is 0 Å². The summed E-state index contributed by atoms with van der Waals surface area (Å²) in [5.74, 6) is -1.35. The van der Waals surface area contributed by atoms with E-state index in [1.807, 2.05) is 0 Å². The molecule has 2 N–H and O–H groups in total. The molecular formula is C9H10ClF2N. The van der Waals surface area contributed by atoms with Crippen molar-refractivity contribution < 1.29 is 8.78 Å². The van der Waals surface area contributed by atoms with Crippen LogP contribution < -0.4 is 5.73 Å². The molecule has 1 saturated carbocycles. The number of hydrogen-bond donors (Lipinski definition) is 1. The van der Waals surface area contributed by atoms with Gasteiger partial charge in [-0.05, 0) is 24.1 Å². The SMILES string of the molecule is Cl.N[C@@H]1C[C@H]1c1ccc(F)c(F)c1. The van der Waals surface area contributed by atoms with Crippen LogP contribution in [0, 0.1) is 11.6 Å². The Labute approximate surface area is 81.3 Å². The van der Waals surface area contributed by atoms with E-state index in [4.69, 9.17) is 5.73 Å². The molecule has 0 aromatic heterocycles. The molecule has 1 aliphatic carbocycles. The molecule has 0 radical (unpaired) electrons. The van der Waals surface area contributed by atoms with Gasteiger partial charge in [0.05, 0.1) is 0 Å². The second kappa shape index (κ2) is 3.60. The summed E-state index contributed by atoms with van der Waals surface area (Å²) in [6, 6.07) is 4.10. The Balaban J connectivity index is 0.000000845. The van der Waals surface area contributed by atoms with E-state index in [2.05, 4.69) is 0 Å². The second-order valence-electron chi connectivity index (χ2n) is 3.18. The lowest BCUT2D eigenvalue weighted by atomic mass is 10.1. The fourth-order valence-corrected chi connectivity index (χ4v) is 1.34. The maximum atomic E-state index is 12.7. The van der Waals surface area contributed by atoms with Gasteiger partial charge in [-0.25, -0.2) is 8.78 Å². The first-order chi connectivity index (χ1) is 5.68. The summed E-state index contributed by atoms with van der Waals surface area (Å²) in [5, 5.41) is 0. The molecule has 1 fully saturated rings. The van der Waals surface area contributed by atoms with Crippen LogP contribution in [-0.2, 0) is 0 Å². The number of nitrogens with two attached hydrogens (primary N) is 1. The molecule has 2 atom stereocenters. The predicted octanol–water partition coefficient (Wildman–Crippen LogP) is 2.20. The summed E-state index contributed by atoms with van der Waals surface area (Å²) in [5.41, 5.74) is 6.38. The van der Waals surface area contributed by atoms with Crippen molar-refractivity contribution in [3.05, 3.63) is 35.4 Å². The van der Waals surface area contributed by atoms with Crippen LogP contribution in [0.4, 0.5) is 8.78 Å². The van der Waals surface area contributed by atoms with Gasteiger partial charge >= 0.3 is 0 Å². The van der Waals surface area contributed by atoms with Crippen molar-refractivity contribution in [3.8, 4) is 0 Å². The number of halogens is 3. The van der Waals surface area contributed by atoms with Gasteiger partial charge in [-0.15, -0.1) is 12.4 Å². The molecule has 0 amide bonds. The van der Waals surface area contributed by atoms with Crippen LogP contribution in [0.15, 0.2) is 18.2 Å². The number of hydrogen-bond acceptors (Lipinski definition) is 1. The predicted molar refractivity (Wildman–Crippen MR) is 48.9 cm³/mol. The average Bonchev–Trinajstić information content (AvgIpc) is 2.73. The largest absolute Gasteiger partial charge is 0.327 e. The van der Waals surface area contributed by atoms with E-state index in [9.17, 15) is 8.78 Å². The Bertz CT molecular complexity index is 316. The van der Waals surface area contributed by atoms with Crippen molar-refractivity contribution in [2.45, 2.75) is 18.4 Å². The fourth-order valence-electron chi connectivity index (χ4n) is 1.34. The number of benzene rings is 1. The third kappa shape index (κ3) is 1.98. The normalized spacial score (nSPS) is 25.2. The van der Waals surface area contributed by atoms with Crippen LogP contribution in [0.3, 0.4) is 0 Å². The van der Waals surface area contributed by atoms with E-state index in [1.165, 1.54) is 6.07 Å². The lowest BCUT2D eigenvalue weighted by Gasteiger charge is -1.98. The summed E-state index contributed by atoms with van der Waals surface area (Å²) >= 11 is 0. The highest BCUT2D eigenvalue weighted by atomic mass is 35.5. The molecular weight excluding hydrogens is 196 g/mol. The third-order valence-corrected chi connectivity index (χ3v) is 2.21. The van der Waals surface area contributed by atoms with Crippen LogP contribution in [0.2, 0.25) is 0 Å². The van der Waals surface area contributed by atoms with Crippen LogP contribution in [0.25, 0.3) is 0 Å². The molecule has 0 spiro atoms. The molecule has 0 bridgehead atoms. The van der Waals surface area contributed by atoms with Crippen molar-refractivity contribution in [1.29, 1.82) is 0 Å². The molecule has 13 heavy (non-hydrogen) atoms. The molecule has 1 aromatic carbocycles. The fraction of sp³-hybridized carbons (Fsp3) is 0.333.